The van der Waals surface area contributed by atoms with Crippen LogP contribution in [0, 0.1) is 0 Å². The molecule has 1 atom stereocenters. The van der Waals surface area contributed by atoms with Crippen LogP contribution in [0.4, 0.5) is 0 Å². The van der Waals surface area contributed by atoms with E-state index in [1.807, 2.05) is 19.9 Å². The lowest BCUT2D eigenvalue weighted by Crippen LogP contribution is -2.30. The maximum absolute atomic E-state index is 12.1. The van der Waals surface area contributed by atoms with Crippen molar-refractivity contribution in [2.45, 2.75) is 51.1 Å². The number of carbonyl (C=O) groups excluding carboxylic acids is 1. The summed E-state index contributed by atoms with van der Waals surface area (Å²) >= 11 is 0. The quantitative estimate of drug-likeness (QED) is 0.907. The van der Waals surface area contributed by atoms with Gasteiger partial charge in [-0.3, -0.25) is 9.48 Å². The Bertz CT molecular complexity index is 659. The normalized spacial score (nSPS) is 24.4. The van der Waals surface area contributed by atoms with E-state index < -0.39 is 9.84 Å². The summed E-state index contributed by atoms with van der Waals surface area (Å²) in [4.78, 5) is 12.1. The maximum atomic E-state index is 12.1. The third-order valence-corrected chi connectivity index (χ3v) is 5.72. The van der Waals surface area contributed by atoms with E-state index in [1.54, 1.807) is 4.68 Å². The molecule has 1 aromatic rings. The molecule has 6 nitrogen and oxygen atoms in total. The van der Waals surface area contributed by atoms with Gasteiger partial charge in [0.05, 0.1) is 17.5 Å². The van der Waals surface area contributed by atoms with E-state index in [9.17, 15) is 13.2 Å². The van der Waals surface area contributed by atoms with Gasteiger partial charge < -0.3 is 5.32 Å². The van der Waals surface area contributed by atoms with Crippen molar-refractivity contribution in [3.05, 3.63) is 17.5 Å². The molecule has 2 heterocycles. The first kappa shape index (κ1) is 14.6. The number of aromatic nitrogens is 2. The lowest BCUT2D eigenvalue weighted by atomic mass is 10.2. The molecule has 0 bridgehead atoms. The van der Waals surface area contributed by atoms with Crippen LogP contribution in [0.5, 0.6) is 0 Å². The first-order valence-electron chi connectivity index (χ1n) is 7.46. The fraction of sp³-hybridized carbons (Fsp3) is 0.714. The summed E-state index contributed by atoms with van der Waals surface area (Å²) in [7, 11) is -2.96. The highest BCUT2D eigenvalue weighted by molar-refractivity contribution is 7.91. The number of hydrogen-bond donors (Lipinski definition) is 1. The Kier molecular flexibility index (Phi) is 3.55. The SMILES string of the molecule is CC(C)NC(=O)c1cc(C2CC2)n(C2CCS(=O)(=O)C2)n1. The monoisotopic (exact) mass is 311 g/mol. The van der Waals surface area contributed by atoms with Crippen LogP contribution in [0.15, 0.2) is 6.07 Å². The molecule has 0 aromatic carbocycles. The van der Waals surface area contributed by atoms with Crippen LogP contribution in [-0.4, -0.2) is 41.7 Å². The summed E-state index contributed by atoms with van der Waals surface area (Å²) in [5.41, 5.74) is 1.42. The van der Waals surface area contributed by atoms with Gasteiger partial charge in [0.2, 0.25) is 0 Å². The van der Waals surface area contributed by atoms with Crippen LogP contribution in [0.3, 0.4) is 0 Å². The zero-order chi connectivity index (χ0) is 15.2. The number of sulfone groups is 1. The van der Waals surface area contributed by atoms with E-state index in [1.165, 1.54) is 0 Å². The second-order valence-electron chi connectivity index (χ2n) is 6.36. The van der Waals surface area contributed by atoms with Gasteiger partial charge >= 0.3 is 0 Å². The molecule has 1 amide bonds. The minimum atomic E-state index is -2.96. The molecule has 3 rings (SSSR count). The van der Waals surface area contributed by atoms with Crippen molar-refractivity contribution < 1.29 is 13.2 Å². The predicted octanol–water partition coefficient (Wildman–Crippen LogP) is 1.26. The molecule has 0 spiro atoms. The van der Waals surface area contributed by atoms with Crippen molar-refractivity contribution >= 4 is 15.7 Å². The number of hydrogen-bond acceptors (Lipinski definition) is 4. The van der Waals surface area contributed by atoms with Crippen molar-refractivity contribution in [1.82, 2.24) is 15.1 Å². The molecular formula is C14H21N3O3S. The average molecular weight is 311 g/mol. The maximum Gasteiger partial charge on any atom is 0.271 e. The van der Waals surface area contributed by atoms with Gasteiger partial charge in [-0.25, -0.2) is 8.42 Å². The van der Waals surface area contributed by atoms with Gasteiger partial charge in [0.15, 0.2) is 9.84 Å². The van der Waals surface area contributed by atoms with Crippen molar-refractivity contribution in [3.63, 3.8) is 0 Å². The average Bonchev–Trinajstić information content (AvgIpc) is 3.01. The summed E-state index contributed by atoms with van der Waals surface area (Å²) in [5.74, 6) is 0.599. The van der Waals surface area contributed by atoms with Gasteiger partial charge in [0, 0.05) is 17.7 Å². The second kappa shape index (κ2) is 5.12. The van der Waals surface area contributed by atoms with E-state index in [0.717, 1.165) is 18.5 Å². The number of nitrogens with one attached hydrogen (secondary N) is 1. The molecule has 7 heteroatoms. The first-order chi connectivity index (χ1) is 9.85. The van der Waals surface area contributed by atoms with Crippen molar-refractivity contribution in [2.24, 2.45) is 0 Å². The first-order valence-corrected chi connectivity index (χ1v) is 9.28. The minimum Gasteiger partial charge on any atom is -0.348 e. The third kappa shape index (κ3) is 3.12. The highest BCUT2D eigenvalue weighted by Gasteiger charge is 2.36. The summed E-state index contributed by atoms with van der Waals surface area (Å²) in [5, 5.41) is 7.24. The number of nitrogens with zero attached hydrogens (tertiary/aromatic N) is 2. The van der Waals surface area contributed by atoms with Gasteiger partial charge in [-0.05, 0) is 39.2 Å². The van der Waals surface area contributed by atoms with Crippen molar-refractivity contribution in [1.29, 1.82) is 0 Å². The van der Waals surface area contributed by atoms with Crippen molar-refractivity contribution in [2.75, 3.05) is 11.5 Å². The van der Waals surface area contributed by atoms with Gasteiger partial charge in [0.25, 0.3) is 5.91 Å². The molecule has 116 valence electrons. The van der Waals surface area contributed by atoms with Gasteiger partial charge in [-0.1, -0.05) is 0 Å². The Hall–Kier alpha value is -1.37. The summed E-state index contributed by atoms with van der Waals surface area (Å²) < 4.78 is 25.2. The molecule has 1 aliphatic carbocycles. The largest absolute Gasteiger partial charge is 0.348 e. The molecule has 0 radical (unpaired) electrons. The number of carbonyl (C=O) groups is 1. The Morgan fingerprint density at radius 2 is 2.10 bits per heavy atom. The van der Waals surface area contributed by atoms with E-state index >= 15 is 0 Å². The standard InChI is InChI=1S/C14H21N3O3S/c1-9(2)15-14(18)12-7-13(10-3-4-10)17(16-12)11-5-6-21(19,20)8-11/h7,9-11H,3-6,8H2,1-2H3,(H,15,18). The lowest BCUT2D eigenvalue weighted by molar-refractivity contribution is 0.0937. The number of amides is 1. The van der Waals surface area contributed by atoms with E-state index in [-0.39, 0.29) is 29.5 Å². The van der Waals surface area contributed by atoms with Gasteiger partial charge in [-0.15, -0.1) is 0 Å². The zero-order valence-electron chi connectivity index (χ0n) is 12.4. The predicted molar refractivity (Wildman–Crippen MR) is 79.1 cm³/mol. The topological polar surface area (TPSA) is 81.1 Å². The number of rotatable bonds is 4. The fourth-order valence-corrected chi connectivity index (χ4v) is 4.49. The molecule has 2 aliphatic rings. The highest BCUT2D eigenvalue weighted by atomic mass is 32.2. The summed E-state index contributed by atoms with van der Waals surface area (Å²) in [6.07, 6.45) is 2.78. The molecule has 21 heavy (non-hydrogen) atoms. The molecule has 1 aromatic heterocycles. The fourth-order valence-electron chi connectivity index (χ4n) is 2.80. The molecule has 1 saturated carbocycles. The molecule has 1 N–H and O–H groups in total. The van der Waals surface area contributed by atoms with E-state index in [2.05, 4.69) is 10.4 Å². The van der Waals surface area contributed by atoms with E-state index in [0.29, 0.717) is 18.0 Å². The highest BCUT2D eigenvalue weighted by Crippen LogP contribution is 2.42. The summed E-state index contributed by atoms with van der Waals surface area (Å²) in [6.45, 7) is 3.81. The molecule has 1 aliphatic heterocycles. The van der Waals surface area contributed by atoms with Gasteiger partial charge in [-0.2, -0.15) is 5.10 Å². The Morgan fingerprint density at radius 1 is 1.38 bits per heavy atom. The Labute approximate surface area is 124 Å². The molecule has 1 unspecified atom stereocenters. The summed E-state index contributed by atoms with van der Waals surface area (Å²) in [6, 6.07) is 1.77. The lowest BCUT2D eigenvalue weighted by Gasteiger charge is -2.12. The Balaban J connectivity index is 1.89. The molecule has 1 saturated heterocycles. The zero-order valence-corrected chi connectivity index (χ0v) is 13.2. The van der Waals surface area contributed by atoms with Crippen LogP contribution < -0.4 is 5.32 Å². The van der Waals surface area contributed by atoms with Crippen LogP contribution in [0.2, 0.25) is 0 Å². The van der Waals surface area contributed by atoms with Crippen LogP contribution in [0.25, 0.3) is 0 Å². The second-order valence-corrected chi connectivity index (χ2v) is 8.59. The van der Waals surface area contributed by atoms with Crippen LogP contribution in [0.1, 0.15) is 61.3 Å². The van der Waals surface area contributed by atoms with Crippen LogP contribution >= 0.6 is 0 Å². The van der Waals surface area contributed by atoms with Gasteiger partial charge in [0.1, 0.15) is 5.69 Å². The smallest absolute Gasteiger partial charge is 0.271 e. The van der Waals surface area contributed by atoms with E-state index in [4.69, 9.17) is 0 Å². The molecule has 2 fully saturated rings. The Morgan fingerprint density at radius 3 is 2.62 bits per heavy atom. The molecular weight excluding hydrogens is 290 g/mol. The third-order valence-electron chi connectivity index (χ3n) is 3.97. The van der Waals surface area contributed by atoms with Crippen LogP contribution in [-0.2, 0) is 9.84 Å². The minimum absolute atomic E-state index is 0.0545. The van der Waals surface area contributed by atoms with Crippen molar-refractivity contribution in [3.8, 4) is 0 Å².